The molecule has 0 bridgehead atoms. The third-order valence-corrected chi connectivity index (χ3v) is 4.82. The van der Waals surface area contributed by atoms with Crippen molar-refractivity contribution in [2.45, 2.75) is 32.6 Å². The predicted octanol–water partition coefficient (Wildman–Crippen LogP) is 4.61. The summed E-state index contributed by atoms with van der Waals surface area (Å²) in [4.78, 5) is 24.1. The van der Waals surface area contributed by atoms with Gasteiger partial charge < -0.3 is 4.74 Å². The molecule has 0 spiro atoms. The number of rotatable bonds is 7. The van der Waals surface area contributed by atoms with Gasteiger partial charge in [0.05, 0.1) is 11.6 Å². The second-order valence-electron chi connectivity index (χ2n) is 6.76. The average Bonchev–Trinajstić information content (AvgIpc) is 2.71. The van der Waals surface area contributed by atoms with E-state index in [1.165, 1.54) is 0 Å². The Morgan fingerprint density at radius 1 is 1.07 bits per heavy atom. The Kier molecular flexibility index (Phi) is 9.36. The molecule has 0 fully saturated rings. The van der Waals surface area contributed by atoms with Crippen molar-refractivity contribution in [3.05, 3.63) is 63.6 Å². The maximum absolute atomic E-state index is 12.2. The molecular formula is C21H23Cl2N3O3S. The molecule has 0 aliphatic heterocycles. The smallest absolute Gasteiger partial charge is 0.257 e. The summed E-state index contributed by atoms with van der Waals surface area (Å²) in [6, 6.07) is 12.2. The van der Waals surface area contributed by atoms with E-state index in [2.05, 4.69) is 30.0 Å². The van der Waals surface area contributed by atoms with Gasteiger partial charge in [0.15, 0.2) is 5.11 Å². The van der Waals surface area contributed by atoms with Crippen molar-refractivity contribution in [1.29, 1.82) is 0 Å². The zero-order chi connectivity index (χ0) is 22.1. The van der Waals surface area contributed by atoms with Crippen LogP contribution in [0.3, 0.4) is 0 Å². The number of benzene rings is 2. The van der Waals surface area contributed by atoms with Crippen molar-refractivity contribution < 1.29 is 14.3 Å². The number of carbonyl (C=O) groups is 2. The van der Waals surface area contributed by atoms with E-state index >= 15 is 0 Å². The van der Waals surface area contributed by atoms with Crippen LogP contribution in [0.4, 0.5) is 0 Å². The molecule has 0 saturated heterocycles. The first-order valence-electron chi connectivity index (χ1n) is 9.34. The lowest BCUT2D eigenvalue weighted by Crippen LogP contribution is -2.48. The highest BCUT2D eigenvalue weighted by Crippen LogP contribution is 2.27. The topological polar surface area (TPSA) is 79.5 Å². The molecule has 2 aromatic carbocycles. The van der Waals surface area contributed by atoms with E-state index in [1.807, 2.05) is 12.1 Å². The van der Waals surface area contributed by atoms with Gasteiger partial charge in [0.25, 0.3) is 5.91 Å². The predicted molar refractivity (Wildman–Crippen MR) is 123 cm³/mol. The molecule has 0 aromatic heterocycles. The van der Waals surface area contributed by atoms with Crippen LogP contribution >= 0.6 is 35.4 Å². The fourth-order valence-electron chi connectivity index (χ4n) is 2.42. The van der Waals surface area contributed by atoms with Crippen LogP contribution in [-0.2, 0) is 4.79 Å². The van der Waals surface area contributed by atoms with Gasteiger partial charge in [0, 0.05) is 17.0 Å². The Labute approximate surface area is 191 Å². The number of hydrogen-bond acceptors (Lipinski definition) is 4. The van der Waals surface area contributed by atoms with Gasteiger partial charge in [0.2, 0.25) is 5.91 Å². The van der Waals surface area contributed by atoms with E-state index in [0.29, 0.717) is 40.3 Å². The Hall–Kier alpha value is -2.35. The first-order valence-corrected chi connectivity index (χ1v) is 10.5. The maximum Gasteiger partial charge on any atom is 0.257 e. The number of halogens is 2. The van der Waals surface area contributed by atoms with Crippen LogP contribution in [0.2, 0.25) is 10.0 Å². The van der Waals surface area contributed by atoms with Crippen molar-refractivity contribution >= 4 is 52.3 Å². The number of hydrazine groups is 1. The van der Waals surface area contributed by atoms with Gasteiger partial charge >= 0.3 is 0 Å². The standard InChI is InChI=1S/C21H23Cl2N3O3S/c1-13(2)14-5-7-15(8-6-14)20(28)24-21(30)26-25-19(27)4-3-11-29-18-10-9-16(22)12-17(18)23/h5-10,12-13H,3-4,11H2,1-2H3,(H,25,27)(H2,24,26,28,30). The molecular weight excluding hydrogens is 445 g/mol. The number of nitrogens with one attached hydrogen (secondary N) is 3. The summed E-state index contributed by atoms with van der Waals surface area (Å²) >= 11 is 16.9. The molecule has 0 aliphatic carbocycles. The Balaban J connectivity index is 1.66. The van der Waals surface area contributed by atoms with E-state index in [1.54, 1.807) is 30.3 Å². The lowest BCUT2D eigenvalue weighted by atomic mass is 10.0. The minimum absolute atomic E-state index is 0.00508. The maximum atomic E-state index is 12.2. The van der Waals surface area contributed by atoms with Crippen LogP contribution in [0.25, 0.3) is 0 Å². The molecule has 0 saturated carbocycles. The molecule has 30 heavy (non-hydrogen) atoms. The van der Waals surface area contributed by atoms with Crippen LogP contribution in [0.5, 0.6) is 5.75 Å². The van der Waals surface area contributed by atoms with E-state index < -0.39 is 0 Å². The highest BCUT2D eigenvalue weighted by molar-refractivity contribution is 7.80. The summed E-state index contributed by atoms with van der Waals surface area (Å²) in [5.74, 6) is 0.238. The first-order chi connectivity index (χ1) is 14.3. The molecule has 0 aliphatic rings. The number of ether oxygens (including phenoxy) is 1. The third-order valence-electron chi connectivity index (χ3n) is 4.08. The summed E-state index contributed by atoms with van der Waals surface area (Å²) in [6.45, 7) is 4.47. The van der Waals surface area contributed by atoms with E-state index in [4.69, 9.17) is 40.2 Å². The van der Waals surface area contributed by atoms with Crippen molar-refractivity contribution in [2.24, 2.45) is 0 Å². The van der Waals surface area contributed by atoms with E-state index in [9.17, 15) is 9.59 Å². The summed E-state index contributed by atoms with van der Waals surface area (Å²) in [5, 5.41) is 3.45. The summed E-state index contributed by atoms with van der Waals surface area (Å²) in [5.41, 5.74) is 6.57. The number of hydrogen-bond donors (Lipinski definition) is 3. The molecule has 3 N–H and O–H groups in total. The number of thiocarbonyl (C=S) groups is 1. The Morgan fingerprint density at radius 3 is 2.40 bits per heavy atom. The fourth-order valence-corrected chi connectivity index (χ4v) is 3.03. The molecule has 2 aromatic rings. The van der Waals surface area contributed by atoms with E-state index in [-0.39, 0.29) is 23.3 Å². The van der Waals surface area contributed by atoms with Gasteiger partial charge in [-0.3, -0.25) is 25.8 Å². The lowest BCUT2D eigenvalue weighted by Gasteiger charge is -2.12. The molecule has 160 valence electrons. The van der Waals surface area contributed by atoms with Gasteiger partial charge in [-0.25, -0.2) is 0 Å². The molecule has 0 radical (unpaired) electrons. The van der Waals surface area contributed by atoms with E-state index in [0.717, 1.165) is 5.56 Å². The molecule has 2 amide bonds. The van der Waals surface area contributed by atoms with Crippen molar-refractivity contribution in [1.82, 2.24) is 16.2 Å². The molecule has 6 nitrogen and oxygen atoms in total. The highest BCUT2D eigenvalue weighted by Gasteiger charge is 2.10. The van der Waals surface area contributed by atoms with Gasteiger partial charge in [-0.05, 0) is 60.5 Å². The monoisotopic (exact) mass is 467 g/mol. The summed E-state index contributed by atoms with van der Waals surface area (Å²) in [6.07, 6.45) is 0.666. The molecule has 9 heteroatoms. The Bertz CT molecular complexity index is 905. The van der Waals surface area contributed by atoms with Crippen LogP contribution in [0.1, 0.15) is 48.5 Å². The largest absolute Gasteiger partial charge is 0.492 e. The van der Waals surface area contributed by atoms with Crippen LogP contribution in [0, 0.1) is 0 Å². The fraction of sp³-hybridized carbons (Fsp3) is 0.286. The van der Waals surface area contributed by atoms with Gasteiger partial charge in [-0.1, -0.05) is 49.2 Å². The summed E-state index contributed by atoms with van der Waals surface area (Å²) < 4.78 is 5.52. The Morgan fingerprint density at radius 2 is 1.77 bits per heavy atom. The number of carbonyl (C=O) groups excluding carboxylic acids is 2. The number of amides is 2. The summed E-state index contributed by atoms with van der Waals surface area (Å²) in [7, 11) is 0. The zero-order valence-corrected chi connectivity index (χ0v) is 19.0. The van der Waals surface area contributed by atoms with Crippen LogP contribution < -0.4 is 20.9 Å². The molecule has 2 rings (SSSR count). The van der Waals surface area contributed by atoms with Gasteiger partial charge in [-0.2, -0.15) is 0 Å². The normalized spacial score (nSPS) is 10.4. The quantitative estimate of drug-likeness (QED) is 0.314. The highest BCUT2D eigenvalue weighted by atomic mass is 35.5. The third kappa shape index (κ3) is 7.82. The van der Waals surface area contributed by atoms with Crippen LogP contribution in [-0.4, -0.2) is 23.5 Å². The van der Waals surface area contributed by atoms with Crippen molar-refractivity contribution in [3.8, 4) is 5.75 Å². The van der Waals surface area contributed by atoms with Crippen molar-refractivity contribution in [2.75, 3.05) is 6.61 Å². The lowest BCUT2D eigenvalue weighted by molar-refractivity contribution is -0.121. The molecule has 0 atom stereocenters. The van der Waals surface area contributed by atoms with Gasteiger partial charge in [0.1, 0.15) is 5.75 Å². The molecule has 0 unspecified atom stereocenters. The van der Waals surface area contributed by atoms with Crippen molar-refractivity contribution in [3.63, 3.8) is 0 Å². The second-order valence-corrected chi connectivity index (χ2v) is 8.01. The minimum atomic E-state index is -0.356. The first kappa shape index (κ1) is 23.9. The SMILES string of the molecule is CC(C)c1ccc(C(=O)NC(=S)NNC(=O)CCCOc2ccc(Cl)cc2Cl)cc1. The minimum Gasteiger partial charge on any atom is -0.492 e. The second kappa shape index (κ2) is 11.7. The van der Waals surface area contributed by atoms with Crippen LogP contribution in [0.15, 0.2) is 42.5 Å². The average molecular weight is 468 g/mol. The molecule has 0 heterocycles. The van der Waals surface area contributed by atoms with Gasteiger partial charge in [-0.15, -0.1) is 0 Å². The zero-order valence-electron chi connectivity index (χ0n) is 16.6.